The summed E-state index contributed by atoms with van der Waals surface area (Å²) in [5.74, 6) is 0.0841. The fraction of sp³-hybridized carbons (Fsp3) is 0.865. The molecule has 0 aliphatic carbocycles. The third-order valence-corrected chi connectivity index (χ3v) is 8.11. The second-order valence-electron chi connectivity index (χ2n) is 18.2. The Morgan fingerprint density at radius 3 is 1.04 bits per heavy atom. The van der Waals surface area contributed by atoms with Gasteiger partial charge in [0.05, 0.1) is 44.9 Å². The van der Waals surface area contributed by atoms with Gasteiger partial charge in [0.25, 0.3) is 0 Å². The maximum Gasteiger partial charge on any atom is 2.00 e. The van der Waals surface area contributed by atoms with Gasteiger partial charge < -0.3 is 104 Å². The van der Waals surface area contributed by atoms with Crippen molar-refractivity contribution in [2.45, 2.75) is 129 Å². The first-order valence-electron chi connectivity index (χ1n) is 17.9. The summed E-state index contributed by atoms with van der Waals surface area (Å²) in [7, 11) is 3.43. The van der Waals surface area contributed by atoms with E-state index in [0.29, 0.717) is 26.2 Å². The van der Waals surface area contributed by atoms with Gasteiger partial charge in [0.15, 0.2) is 17.0 Å². The van der Waals surface area contributed by atoms with Crippen LogP contribution in [0.5, 0.6) is 0 Å². The standard InChI is InChI=1S/C10H19NO3.C9H17NO3.C8H13NO3.C5H11NO.C4H9NO.CH3.BrH.2ClH.Mg/c1-9(2,3)14-8(12)11-6-10(4,7-11)13-5;1-8(2,3)13-7(11)10-5-9(4,12)6-10;1-8(2,3)12-7(11)9-4-6(10)5-9;1-5(7-2)3-6-4-5;1-4(6)2-5-3-4;;;;;/h6-7H2,1-5H3;12H,5-6H2,1-4H3;4-5H2,1-3H3;6H,3-4H2,1-2H3;5-6H,2-3H2,1H3;1H3;3*1H;/q;;;;;-1;;;;+2/p-1. The van der Waals surface area contributed by atoms with Crippen LogP contribution in [0, 0.1) is 7.43 Å². The summed E-state index contributed by atoms with van der Waals surface area (Å²) in [6.07, 6.45) is -1.01. The van der Waals surface area contributed by atoms with E-state index in [2.05, 4.69) is 17.6 Å². The predicted molar refractivity (Wildman–Crippen MR) is 206 cm³/mol. The van der Waals surface area contributed by atoms with Crippen molar-refractivity contribution in [3.8, 4) is 0 Å². The number of hydrogen-bond donors (Lipinski definition) is 4. The molecule has 3 amide bonds. The number of rotatable bonds is 2. The molecule has 6 N–H and O–H groups in total. The minimum Gasteiger partial charge on any atom is -1.00 e. The van der Waals surface area contributed by atoms with Crippen molar-refractivity contribution >= 4 is 47.1 Å². The van der Waals surface area contributed by atoms with Crippen molar-refractivity contribution < 1.29 is 106 Å². The number of nitrogens with two attached hydrogens (primary N) is 2. The third-order valence-electron chi connectivity index (χ3n) is 8.11. The summed E-state index contributed by atoms with van der Waals surface area (Å²) in [4.78, 5) is 49.0. The Bertz CT molecular complexity index is 1190. The van der Waals surface area contributed by atoms with Crippen molar-refractivity contribution in [3.05, 3.63) is 7.43 Å². The molecule has 5 aliphatic heterocycles. The number of aliphatic hydroxyl groups is 2. The summed E-state index contributed by atoms with van der Waals surface area (Å²) in [6.45, 7) is 30.5. The van der Waals surface area contributed by atoms with E-state index >= 15 is 0 Å². The second-order valence-corrected chi connectivity index (χ2v) is 18.2. The second kappa shape index (κ2) is 25.7. The van der Waals surface area contributed by atoms with E-state index in [9.17, 15) is 24.3 Å². The molecule has 0 aromatic carbocycles. The van der Waals surface area contributed by atoms with E-state index in [-0.39, 0.29) is 120 Å². The first-order valence-corrected chi connectivity index (χ1v) is 17.9. The Labute approximate surface area is 381 Å². The van der Waals surface area contributed by atoms with E-state index < -0.39 is 28.5 Å². The van der Waals surface area contributed by atoms with Gasteiger partial charge in [-0.2, -0.15) is 0 Å². The average molecular weight is 940 g/mol. The topological polar surface area (TPSA) is 198 Å². The molecule has 0 spiro atoms. The molecule has 5 heterocycles. The number of ketones is 1. The summed E-state index contributed by atoms with van der Waals surface area (Å²) >= 11 is 0. The smallest absolute Gasteiger partial charge is 1.00 e. The van der Waals surface area contributed by atoms with Crippen LogP contribution < -0.4 is 52.4 Å². The van der Waals surface area contributed by atoms with Crippen LogP contribution in [0.2, 0.25) is 0 Å². The number of methoxy groups -OCH3 is 2. The van der Waals surface area contributed by atoms with Crippen LogP contribution in [0.3, 0.4) is 0 Å². The van der Waals surface area contributed by atoms with Gasteiger partial charge in [0, 0.05) is 14.2 Å². The quantitative estimate of drug-likeness (QED) is 0.117. The molecule has 5 saturated heterocycles. The molecule has 336 valence electrons. The Kier molecular flexibility index (Phi) is 29.4. The van der Waals surface area contributed by atoms with Gasteiger partial charge in [-0.25, -0.2) is 14.4 Å². The van der Waals surface area contributed by atoms with Crippen LogP contribution in [0.1, 0.15) is 90.0 Å². The van der Waals surface area contributed by atoms with Crippen molar-refractivity contribution in [2.24, 2.45) is 0 Å². The zero-order valence-corrected chi connectivity index (χ0v) is 42.0. The zero-order valence-electron chi connectivity index (χ0n) is 37.5. The Morgan fingerprint density at radius 2 is 0.860 bits per heavy atom. The minimum atomic E-state index is -0.725. The number of hydrogen-bond acceptors (Lipinski definition) is 11. The van der Waals surface area contributed by atoms with Crippen molar-refractivity contribution in [2.75, 3.05) is 79.7 Å². The number of Topliss-reactive ketones (excluding diaryl/α,β-unsaturated/α-hetero) is 1. The minimum absolute atomic E-state index is 0. The van der Waals surface area contributed by atoms with E-state index in [1.165, 1.54) is 9.80 Å². The van der Waals surface area contributed by atoms with Gasteiger partial charge in [0.2, 0.25) is 0 Å². The Hall–Kier alpha value is -0.934. The van der Waals surface area contributed by atoms with Crippen molar-refractivity contribution in [3.63, 3.8) is 0 Å². The molecule has 57 heavy (non-hydrogen) atoms. The SMILES string of the molecule is CC(C)(C)OC(=O)N1CC(=O)C1.CC1(O)CN(C(=O)OC(C)(C)C)C1.CC1(O)C[NH2+]C1.COC1(C)CN(C(=O)OC(C)(C)C)C1.COC1(C)C[NH2+]C1.[Br-].[CH3-].[Cl-].[Cl-].[Mg+2]. The molecule has 0 bridgehead atoms. The molecule has 0 aromatic rings. The van der Waals surface area contributed by atoms with Crippen LogP contribution in [0.15, 0.2) is 0 Å². The van der Waals surface area contributed by atoms with E-state index in [1.54, 1.807) is 46.8 Å². The van der Waals surface area contributed by atoms with Gasteiger partial charge >= 0.3 is 41.3 Å². The molecule has 0 saturated carbocycles. The molecule has 5 rings (SSSR count). The number of likely N-dealkylation sites (tertiary alicyclic amines) is 3. The number of carbonyl (C=O) groups excluding carboxylic acids is 4. The van der Waals surface area contributed by atoms with Crippen LogP contribution >= 0.6 is 0 Å². The third kappa shape index (κ3) is 26.8. The summed E-state index contributed by atoms with van der Waals surface area (Å²) < 4.78 is 25.7. The number of amides is 3. The Balaban J connectivity index is -0.000000199. The first-order chi connectivity index (χ1) is 23.3. The number of β-amino-alcohol motifs (C(OH)–C–C–N with tert-alkyl or cyclic N) is 1. The summed E-state index contributed by atoms with van der Waals surface area (Å²) in [5.41, 5.74) is -2.39. The molecule has 0 atom stereocenters. The fourth-order valence-electron chi connectivity index (χ4n) is 4.69. The van der Waals surface area contributed by atoms with E-state index in [0.717, 1.165) is 26.2 Å². The number of nitrogens with zero attached hydrogens (tertiary/aromatic N) is 3. The largest absolute Gasteiger partial charge is 2.00 e. The summed E-state index contributed by atoms with van der Waals surface area (Å²) in [6, 6.07) is 0. The molecule has 0 unspecified atom stereocenters. The molecular formula is C37H74BrCl2MgN5O11. The molecule has 20 heteroatoms. The molecular weight excluding hydrogens is 866 g/mol. The summed E-state index contributed by atoms with van der Waals surface area (Å²) in [5, 5.41) is 22.6. The average Bonchev–Trinajstić information content (AvgIpc) is 2.89. The van der Waals surface area contributed by atoms with Crippen molar-refractivity contribution in [1.82, 2.24) is 14.7 Å². The maximum atomic E-state index is 11.5. The molecule has 5 fully saturated rings. The number of ether oxygens (including phenoxy) is 5. The first kappa shape index (κ1) is 65.2. The molecule has 5 aliphatic rings. The van der Waals surface area contributed by atoms with E-state index in [1.807, 2.05) is 55.4 Å². The van der Waals surface area contributed by atoms with Gasteiger partial charge in [-0.1, -0.05) is 0 Å². The Morgan fingerprint density at radius 1 is 0.579 bits per heavy atom. The van der Waals surface area contributed by atoms with Crippen LogP contribution in [-0.4, -0.2) is 191 Å². The fourth-order valence-corrected chi connectivity index (χ4v) is 4.69. The molecule has 0 aromatic heterocycles. The molecule has 0 radical (unpaired) electrons. The number of carbonyl (C=O) groups is 4. The van der Waals surface area contributed by atoms with Gasteiger partial charge in [0.1, 0.15) is 48.6 Å². The molecule has 16 nitrogen and oxygen atoms in total. The number of quaternary nitrogens is 2. The van der Waals surface area contributed by atoms with Gasteiger partial charge in [-0.15, -0.1) is 0 Å². The van der Waals surface area contributed by atoms with Crippen molar-refractivity contribution in [1.29, 1.82) is 0 Å². The van der Waals surface area contributed by atoms with Crippen LogP contribution in [-0.2, 0) is 28.5 Å². The van der Waals surface area contributed by atoms with E-state index in [4.69, 9.17) is 28.8 Å². The monoisotopic (exact) mass is 937 g/mol. The van der Waals surface area contributed by atoms with Crippen LogP contribution in [0.25, 0.3) is 0 Å². The van der Waals surface area contributed by atoms with Crippen LogP contribution in [0.4, 0.5) is 14.4 Å². The normalized spacial score (nSPS) is 19.7. The predicted octanol–water partition coefficient (Wildman–Crippen LogP) is -8.20. The zero-order chi connectivity index (χ0) is 40.6. The maximum absolute atomic E-state index is 11.5. The van der Waals surface area contributed by atoms with Gasteiger partial charge in [-0.3, -0.25) is 9.69 Å². The van der Waals surface area contributed by atoms with Gasteiger partial charge in [-0.05, 0) is 90.0 Å². The number of halogens is 3.